The maximum absolute atomic E-state index is 13.3. The first kappa shape index (κ1) is 9.66. The second-order valence-electron chi connectivity index (χ2n) is 3.14. The quantitative estimate of drug-likeness (QED) is 0.720. The number of hydrogen-bond donors (Lipinski definition) is 0. The van der Waals surface area contributed by atoms with Crippen LogP contribution in [0.25, 0.3) is 11.0 Å². The number of benzene rings is 1. The molecule has 1 aromatic heterocycles. The Morgan fingerprint density at radius 1 is 1.40 bits per heavy atom. The number of rotatable bonds is 1. The Kier molecular flexibility index (Phi) is 2.16. The Balaban J connectivity index is 2.90. The van der Waals surface area contributed by atoms with Crippen molar-refractivity contribution in [3.63, 3.8) is 0 Å². The Hall–Kier alpha value is -1.89. The molecule has 0 fully saturated rings. The molecule has 2 rings (SSSR count). The molecule has 1 heterocycles. The maximum Gasteiger partial charge on any atom is 0.208 e. The summed E-state index contributed by atoms with van der Waals surface area (Å²) >= 11 is 0. The molecule has 0 aliphatic carbocycles. The number of hydrogen-bond acceptors (Lipinski definition) is 2. The van der Waals surface area contributed by atoms with Gasteiger partial charge >= 0.3 is 0 Å². The Bertz CT molecular complexity index is 566. The van der Waals surface area contributed by atoms with Crippen LogP contribution in [0.1, 0.15) is 18.2 Å². The highest BCUT2D eigenvalue weighted by Crippen LogP contribution is 2.28. The molecule has 0 atom stereocenters. The van der Waals surface area contributed by atoms with Crippen LogP contribution in [0.2, 0.25) is 0 Å². The summed E-state index contributed by atoms with van der Waals surface area (Å²) in [7, 11) is 0. The van der Waals surface area contributed by atoms with E-state index in [1.807, 2.05) is 6.07 Å². The molecular weight excluding hydrogens is 200 g/mol. The highest BCUT2D eigenvalue weighted by Gasteiger charge is 2.16. The summed E-state index contributed by atoms with van der Waals surface area (Å²) in [4.78, 5) is 0. The molecule has 0 unspecified atom stereocenters. The number of halogens is 2. The third-order valence-electron chi connectivity index (χ3n) is 2.27. The van der Waals surface area contributed by atoms with E-state index in [0.29, 0.717) is 17.4 Å². The van der Waals surface area contributed by atoms with Crippen LogP contribution in [-0.4, -0.2) is 0 Å². The van der Waals surface area contributed by atoms with Crippen LogP contribution in [0.4, 0.5) is 8.78 Å². The van der Waals surface area contributed by atoms with E-state index in [-0.39, 0.29) is 11.3 Å². The van der Waals surface area contributed by atoms with Gasteiger partial charge in [0.2, 0.25) is 5.76 Å². The van der Waals surface area contributed by atoms with Gasteiger partial charge in [-0.1, -0.05) is 6.92 Å². The van der Waals surface area contributed by atoms with Crippen molar-refractivity contribution >= 4 is 11.0 Å². The van der Waals surface area contributed by atoms with E-state index in [2.05, 4.69) is 0 Å². The van der Waals surface area contributed by atoms with Gasteiger partial charge < -0.3 is 4.42 Å². The van der Waals surface area contributed by atoms with Crippen molar-refractivity contribution in [3.05, 3.63) is 35.1 Å². The summed E-state index contributed by atoms with van der Waals surface area (Å²) in [6.45, 7) is 1.80. The molecule has 0 spiro atoms. The fourth-order valence-electron chi connectivity index (χ4n) is 1.62. The molecule has 0 N–H and O–H groups in total. The molecule has 2 aromatic rings. The first-order valence-electron chi connectivity index (χ1n) is 4.48. The molecule has 0 bridgehead atoms. The molecule has 0 saturated carbocycles. The Morgan fingerprint density at radius 2 is 2.13 bits per heavy atom. The summed E-state index contributed by atoms with van der Waals surface area (Å²) in [5.41, 5.74) is 0.496. The summed E-state index contributed by atoms with van der Waals surface area (Å²) in [5.74, 6) is -1.39. The van der Waals surface area contributed by atoms with Crippen LogP contribution >= 0.6 is 0 Å². The van der Waals surface area contributed by atoms with Gasteiger partial charge in [-0.15, -0.1) is 0 Å². The van der Waals surface area contributed by atoms with Crippen LogP contribution < -0.4 is 0 Å². The normalized spacial score (nSPS) is 10.5. The number of furan rings is 1. The Morgan fingerprint density at radius 3 is 2.73 bits per heavy atom. The van der Waals surface area contributed by atoms with Crippen molar-refractivity contribution in [2.45, 2.75) is 13.3 Å². The Labute approximate surface area is 84.7 Å². The van der Waals surface area contributed by atoms with E-state index < -0.39 is 11.6 Å². The second kappa shape index (κ2) is 3.35. The smallest absolute Gasteiger partial charge is 0.208 e. The van der Waals surface area contributed by atoms with Crippen molar-refractivity contribution in [2.75, 3.05) is 0 Å². The first-order valence-corrected chi connectivity index (χ1v) is 4.48. The molecule has 0 radical (unpaired) electrons. The minimum atomic E-state index is -0.777. The number of fused-ring (bicyclic) bond motifs is 1. The zero-order chi connectivity index (χ0) is 11.0. The average molecular weight is 207 g/mol. The topological polar surface area (TPSA) is 36.9 Å². The predicted octanol–water partition coefficient (Wildman–Crippen LogP) is 3.15. The second-order valence-corrected chi connectivity index (χ2v) is 3.14. The average Bonchev–Trinajstić information content (AvgIpc) is 2.55. The van der Waals surface area contributed by atoms with Crippen molar-refractivity contribution in [2.24, 2.45) is 0 Å². The van der Waals surface area contributed by atoms with Gasteiger partial charge in [-0.25, -0.2) is 8.78 Å². The number of nitrogens with zero attached hydrogens (tertiary/aromatic N) is 1. The molecule has 15 heavy (non-hydrogen) atoms. The molecular formula is C11H7F2NO. The van der Waals surface area contributed by atoms with Crippen LogP contribution in [0, 0.1) is 23.0 Å². The summed E-state index contributed by atoms with van der Waals surface area (Å²) in [5, 5.41) is 9.09. The van der Waals surface area contributed by atoms with E-state index in [9.17, 15) is 8.78 Å². The maximum atomic E-state index is 13.3. The third-order valence-corrected chi connectivity index (χ3v) is 2.27. The molecule has 76 valence electrons. The lowest BCUT2D eigenvalue weighted by Gasteiger charge is -1.93. The molecule has 0 aliphatic heterocycles. The van der Waals surface area contributed by atoms with Crippen molar-refractivity contribution in [1.29, 1.82) is 5.26 Å². The van der Waals surface area contributed by atoms with Gasteiger partial charge in [0.05, 0.1) is 0 Å². The minimum absolute atomic E-state index is 0.0511. The monoisotopic (exact) mass is 207 g/mol. The molecule has 2 nitrogen and oxygen atoms in total. The van der Waals surface area contributed by atoms with E-state index in [1.54, 1.807) is 6.92 Å². The summed E-state index contributed by atoms with van der Waals surface area (Å²) in [6, 6.07) is 3.75. The summed E-state index contributed by atoms with van der Waals surface area (Å²) < 4.78 is 31.3. The van der Waals surface area contributed by atoms with Gasteiger partial charge in [-0.2, -0.15) is 5.26 Å². The molecule has 1 aromatic carbocycles. The van der Waals surface area contributed by atoms with Crippen LogP contribution in [0.3, 0.4) is 0 Å². The van der Waals surface area contributed by atoms with E-state index >= 15 is 0 Å². The molecule has 4 heteroatoms. The molecule has 0 saturated heterocycles. The van der Waals surface area contributed by atoms with Gasteiger partial charge in [0.25, 0.3) is 0 Å². The number of nitriles is 1. The van der Waals surface area contributed by atoms with Crippen LogP contribution in [0.5, 0.6) is 0 Å². The lowest BCUT2D eigenvalue weighted by molar-refractivity contribution is 0.539. The third kappa shape index (κ3) is 1.37. The lowest BCUT2D eigenvalue weighted by Crippen LogP contribution is -1.83. The van der Waals surface area contributed by atoms with Crippen LogP contribution in [-0.2, 0) is 6.42 Å². The standard InChI is InChI=1S/C11H7F2NO/c1-2-7-8-3-6(12)4-9(13)11(8)15-10(7)5-14/h3-4H,2H2,1H3. The lowest BCUT2D eigenvalue weighted by atomic mass is 10.1. The zero-order valence-corrected chi connectivity index (χ0v) is 7.97. The van der Waals surface area contributed by atoms with E-state index in [4.69, 9.17) is 9.68 Å². The van der Waals surface area contributed by atoms with Crippen molar-refractivity contribution < 1.29 is 13.2 Å². The van der Waals surface area contributed by atoms with Gasteiger partial charge in [0, 0.05) is 17.0 Å². The number of aryl methyl sites for hydroxylation is 1. The van der Waals surface area contributed by atoms with E-state index in [1.165, 1.54) is 6.07 Å². The highest BCUT2D eigenvalue weighted by molar-refractivity contribution is 5.83. The van der Waals surface area contributed by atoms with E-state index in [0.717, 1.165) is 6.07 Å². The highest BCUT2D eigenvalue weighted by atomic mass is 19.1. The van der Waals surface area contributed by atoms with Gasteiger partial charge in [-0.3, -0.25) is 0 Å². The van der Waals surface area contributed by atoms with Gasteiger partial charge in [0.15, 0.2) is 11.4 Å². The van der Waals surface area contributed by atoms with Crippen molar-refractivity contribution in [1.82, 2.24) is 0 Å². The molecule has 0 amide bonds. The molecule has 0 aliphatic rings. The minimum Gasteiger partial charge on any atom is -0.442 e. The van der Waals surface area contributed by atoms with Gasteiger partial charge in [-0.05, 0) is 12.5 Å². The fraction of sp³-hybridized carbons (Fsp3) is 0.182. The summed E-state index contributed by atoms with van der Waals surface area (Å²) in [6.07, 6.45) is 0.499. The largest absolute Gasteiger partial charge is 0.442 e. The van der Waals surface area contributed by atoms with Crippen LogP contribution in [0.15, 0.2) is 16.5 Å². The predicted molar refractivity (Wildman–Crippen MR) is 50.2 cm³/mol. The van der Waals surface area contributed by atoms with Crippen molar-refractivity contribution in [3.8, 4) is 6.07 Å². The zero-order valence-electron chi connectivity index (χ0n) is 7.97. The van der Waals surface area contributed by atoms with Gasteiger partial charge in [0.1, 0.15) is 11.9 Å². The first-order chi connectivity index (χ1) is 7.17. The fourth-order valence-corrected chi connectivity index (χ4v) is 1.62. The SMILES string of the molecule is CCc1c(C#N)oc2c(F)cc(F)cc12.